The highest BCUT2D eigenvalue weighted by atomic mass is 15.2. The van der Waals surface area contributed by atoms with Gasteiger partial charge >= 0.3 is 0 Å². The summed E-state index contributed by atoms with van der Waals surface area (Å²) in [6.45, 7) is 11.7. The van der Waals surface area contributed by atoms with Crippen molar-refractivity contribution >= 4 is 16.6 Å². The van der Waals surface area contributed by atoms with Crippen LogP contribution in [-0.4, -0.2) is 40.8 Å². The lowest BCUT2D eigenvalue weighted by molar-refractivity contribution is 0.294. The molecule has 0 saturated carbocycles. The van der Waals surface area contributed by atoms with Gasteiger partial charge in [0.1, 0.15) is 0 Å². The van der Waals surface area contributed by atoms with E-state index >= 15 is 0 Å². The van der Waals surface area contributed by atoms with Crippen molar-refractivity contribution in [2.75, 3.05) is 25.0 Å². The summed E-state index contributed by atoms with van der Waals surface area (Å²) < 4.78 is 0. The molecule has 0 aliphatic rings. The topological polar surface area (TPSA) is 41.0 Å². The number of aromatic nitrogens is 2. The van der Waals surface area contributed by atoms with Crippen LogP contribution in [0.15, 0.2) is 24.3 Å². The molecule has 2 rings (SSSR count). The summed E-state index contributed by atoms with van der Waals surface area (Å²) in [4.78, 5) is 2.40. The van der Waals surface area contributed by atoms with Gasteiger partial charge in [-0.05, 0) is 26.9 Å². The van der Waals surface area contributed by atoms with E-state index in [-0.39, 0.29) is 0 Å². The summed E-state index contributed by atoms with van der Waals surface area (Å²) in [5.74, 6) is 0.880. The van der Waals surface area contributed by atoms with Gasteiger partial charge in [-0.1, -0.05) is 38.1 Å². The third kappa shape index (κ3) is 3.25. The minimum atomic E-state index is 0.343. The second-order valence-electron chi connectivity index (χ2n) is 5.21. The summed E-state index contributed by atoms with van der Waals surface area (Å²) in [5, 5.41) is 14.4. The van der Waals surface area contributed by atoms with Crippen LogP contribution in [0.1, 0.15) is 26.5 Å². The molecule has 1 aromatic carbocycles. The Morgan fingerprint density at radius 1 is 1.10 bits per heavy atom. The first-order valence-corrected chi connectivity index (χ1v) is 7.36. The molecule has 0 aliphatic heterocycles. The molecular formula is C16H24N4. The lowest BCUT2D eigenvalue weighted by Crippen LogP contribution is -2.35. The number of rotatable bonds is 6. The summed E-state index contributed by atoms with van der Waals surface area (Å²) in [6.07, 6.45) is 0. The Balaban J connectivity index is 2.19. The monoisotopic (exact) mass is 272 g/mol. The van der Waals surface area contributed by atoms with Crippen LogP contribution in [-0.2, 0) is 0 Å². The van der Waals surface area contributed by atoms with Crippen molar-refractivity contribution in [3.8, 4) is 0 Å². The van der Waals surface area contributed by atoms with Crippen LogP contribution in [0.25, 0.3) is 10.8 Å². The molecule has 0 fully saturated rings. The molecule has 1 unspecified atom stereocenters. The van der Waals surface area contributed by atoms with E-state index in [0.717, 1.165) is 36.5 Å². The average molecular weight is 272 g/mol. The van der Waals surface area contributed by atoms with E-state index in [4.69, 9.17) is 0 Å². The van der Waals surface area contributed by atoms with Crippen molar-refractivity contribution in [1.82, 2.24) is 15.1 Å². The molecule has 1 atom stereocenters. The predicted molar refractivity (Wildman–Crippen MR) is 85.1 cm³/mol. The van der Waals surface area contributed by atoms with E-state index < -0.39 is 0 Å². The first-order valence-electron chi connectivity index (χ1n) is 7.36. The number of anilines is 1. The molecule has 108 valence electrons. The van der Waals surface area contributed by atoms with Gasteiger partial charge in [0.25, 0.3) is 0 Å². The number of likely N-dealkylation sites (N-methyl/N-ethyl adjacent to an activating group) is 1. The van der Waals surface area contributed by atoms with E-state index in [1.807, 2.05) is 19.1 Å². The normalized spacial score (nSPS) is 12.8. The van der Waals surface area contributed by atoms with Crippen molar-refractivity contribution in [2.45, 2.75) is 33.7 Å². The first kappa shape index (κ1) is 14.7. The molecule has 1 heterocycles. The summed E-state index contributed by atoms with van der Waals surface area (Å²) in [5.41, 5.74) is 0.975. The van der Waals surface area contributed by atoms with E-state index in [2.05, 4.69) is 53.3 Å². The smallest absolute Gasteiger partial charge is 0.156 e. The molecule has 1 N–H and O–H groups in total. The van der Waals surface area contributed by atoms with Gasteiger partial charge in [-0.25, -0.2) is 0 Å². The van der Waals surface area contributed by atoms with Gasteiger partial charge in [0.05, 0.1) is 5.69 Å². The van der Waals surface area contributed by atoms with Crippen molar-refractivity contribution in [3.63, 3.8) is 0 Å². The van der Waals surface area contributed by atoms with Crippen molar-refractivity contribution in [2.24, 2.45) is 0 Å². The highest BCUT2D eigenvalue weighted by Gasteiger charge is 2.11. The van der Waals surface area contributed by atoms with E-state index in [0.29, 0.717) is 6.04 Å². The molecule has 4 heteroatoms. The molecule has 0 amide bonds. The molecule has 0 radical (unpaired) electrons. The van der Waals surface area contributed by atoms with E-state index in [1.165, 1.54) is 5.39 Å². The van der Waals surface area contributed by atoms with E-state index in [9.17, 15) is 0 Å². The maximum absolute atomic E-state index is 4.33. The molecular weight excluding hydrogens is 248 g/mol. The summed E-state index contributed by atoms with van der Waals surface area (Å²) in [6, 6.07) is 8.63. The Morgan fingerprint density at radius 2 is 1.75 bits per heavy atom. The lowest BCUT2D eigenvalue weighted by atomic mass is 10.1. The van der Waals surface area contributed by atoms with Crippen LogP contribution in [0.2, 0.25) is 0 Å². The van der Waals surface area contributed by atoms with Gasteiger partial charge in [-0.15, -0.1) is 5.10 Å². The van der Waals surface area contributed by atoms with Crippen LogP contribution < -0.4 is 5.32 Å². The van der Waals surface area contributed by atoms with Gasteiger partial charge < -0.3 is 10.2 Å². The molecule has 2 aromatic rings. The quantitative estimate of drug-likeness (QED) is 0.877. The lowest BCUT2D eigenvalue weighted by Gasteiger charge is -2.24. The Bertz CT molecular complexity index is 563. The molecule has 0 spiro atoms. The van der Waals surface area contributed by atoms with Crippen LogP contribution in [0, 0.1) is 6.92 Å². The van der Waals surface area contributed by atoms with Crippen molar-refractivity contribution < 1.29 is 0 Å². The van der Waals surface area contributed by atoms with E-state index in [1.54, 1.807) is 0 Å². The van der Waals surface area contributed by atoms with Gasteiger partial charge in [0.2, 0.25) is 0 Å². The van der Waals surface area contributed by atoms with Gasteiger partial charge in [-0.2, -0.15) is 5.10 Å². The van der Waals surface area contributed by atoms with Crippen LogP contribution >= 0.6 is 0 Å². The third-order valence-electron chi connectivity index (χ3n) is 3.68. The molecule has 4 nitrogen and oxygen atoms in total. The van der Waals surface area contributed by atoms with Crippen LogP contribution in [0.4, 0.5) is 5.82 Å². The third-order valence-corrected chi connectivity index (χ3v) is 3.68. The number of nitrogens with one attached hydrogen (secondary N) is 1. The maximum Gasteiger partial charge on any atom is 0.156 e. The fourth-order valence-electron chi connectivity index (χ4n) is 2.49. The number of benzene rings is 1. The standard InChI is InChI=1S/C16H24N4/c1-5-20(6-2)11-12(3)17-16-15-10-8-7-9-14(15)13(4)18-19-16/h7-10,12H,5-6,11H2,1-4H3,(H,17,19). The molecule has 0 aliphatic carbocycles. The Hall–Kier alpha value is -1.68. The molecule has 0 saturated heterocycles. The Labute approximate surface area is 121 Å². The maximum atomic E-state index is 4.33. The average Bonchev–Trinajstić information content (AvgIpc) is 2.48. The van der Waals surface area contributed by atoms with Gasteiger partial charge in [-0.3, -0.25) is 0 Å². The van der Waals surface area contributed by atoms with Gasteiger partial charge in [0.15, 0.2) is 5.82 Å². The minimum Gasteiger partial charge on any atom is -0.364 e. The molecule has 20 heavy (non-hydrogen) atoms. The molecule has 1 aromatic heterocycles. The Kier molecular flexibility index (Phi) is 4.90. The number of aryl methyl sites for hydroxylation is 1. The van der Waals surface area contributed by atoms with Crippen LogP contribution in [0.3, 0.4) is 0 Å². The number of hydrogen-bond donors (Lipinski definition) is 1. The summed E-state index contributed by atoms with van der Waals surface area (Å²) >= 11 is 0. The Morgan fingerprint density at radius 3 is 2.40 bits per heavy atom. The highest BCUT2D eigenvalue weighted by Crippen LogP contribution is 2.22. The van der Waals surface area contributed by atoms with Crippen molar-refractivity contribution in [3.05, 3.63) is 30.0 Å². The highest BCUT2D eigenvalue weighted by molar-refractivity contribution is 5.92. The first-order chi connectivity index (χ1) is 9.65. The number of nitrogens with zero attached hydrogens (tertiary/aromatic N) is 3. The fraction of sp³-hybridized carbons (Fsp3) is 0.500. The van der Waals surface area contributed by atoms with Crippen LogP contribution in [0.5, 0.6) is 0 Å². The number of fused-ring (bicyclic) bond motifs is 1. The SMILES string of the molecule is CCN(CC)CC(C)Nc1nnc(C)c2ccccc12. The zero-order valence-electron chi connectivity index (χ0n) is 12.8. The number of hydrogen-bond acceptors (Lipinski definition) is 4. The van der Waals surface area contributed by atoms with Crippen molar-refractivity contribution in [1.29, 1.82) is 0 Å². The summed E-state index contributed by atoms with van der Waals surface area (Å²) in [7, 11) is 0. The second kappa shape index (κ2) is 6.66. The fourth-order valence-corrected chi connectivity index (χ4v) is 2.49. The molecule has 0 bridgehead atoms. The van der Waals surface area contributed by atoms with Gasteiger partial charge in [0, 0.05) is 23.4 Å². The second-order valence-corrected chi connectivity index (χ2v) is 5.21. The minimum absolute atomic E-state index is 0.343. The largest absolute Gasteiger partial charge is 0.364 e. The zero-order valence-corrected chi connectivity index (χ0v) is 12.8. The predicted octanol–water partition coefficient (Wildman–Crippen LogP) is 3.08. The zero-order chi connectivity index (χ0) is 14.5.